The van der Waals surface area contributed by atoms with Crippen molar-refractivity contribution in [2.75, 3.05) is 13.1 Å². The van der Waals surface area contributed by atoms with Crippen molar-refractivity contribution in [1.82, 2.24) is 4.90 Å². The maximum absolute atomic E-state index is 2.75. The minimum atomic E-state index is -2.10. The molecule has 2 aliphatic heterocycles. The van der Waals surface area contributed by atoms with Crippen LogP contribution < -0.4 is 0 Å². The molecule has 21 heavy (non-hydrogen) atoms. The first-order chi connectivity index (χ1) is 9.90. The first-order valence-electron chi connectivity index (χ1n) is 9.39. The van der Waals surface area contributed by atoms with Crippen LogP contribution in [-0.2, 0) is 0 Å². The van der Waals surface area contributed by atoms with Gasteiger partial charge in [-0.2, -0.15) is 0 Å². The Bertz CT molecular complexity index is 367. The van der Waals surface area contributed by atoms with Crippen molar-refractivity contribution < 1.29 is 0 Å². The van der Waals surface area contributed by atoms with Gasteiger partial charge in [-0.25, -0.2) is 0 Å². The van der Waals surface area contributed by atoms with Crippen LogP contribution in [0.1, 0.15) is 52.4 Å². The molecule has 0 aromatic carbocycles. The van der Waals surface area contributed by atoms with Gasteiger partial charge in [-0.3, -0.25) is 0 Å². The summed E-state index contributed by atoms with van der Waals surface area (Å²) in [4.78, 5) is 10.7. The summed E-state index contributed by atoms with van der Waals surface area (Å²) in [5.41, 5.74) is 1.95. The van der Waals surface area contributed by atoms with Crippen LogP contribution in [0.4, 0.5) is 0 Å². The van der Waals surface area contributed by atoms with Gasteiger partial charge in [0.2, 0.25) is 0 Å². The van der Waals surface area contributed by atoms with Gasteiger partial charge in [0.15, 0.2) is 0 Å². The van der Waals surface area contributed by atoms with Gasteiger partial charge in [0.1, 0.15) is 0 Å². The zero-order valence-electron chi connectivity index (χ0n) is 15.3. The van der Waals surface area contributed by atoms with E-state index in [0.29, 0.717) is 0 Å². The molecule has 2 saturated heterocycles. The Morgan fingerprint density at radius 3 is 2.00 bits per heavy atom. The Labute approximate surface area is 137 Å². The SMILES string of the molecule is CCN(CC)/[C](=C1/B(C)C2CCCC1CCC2)[Sn]([CH3])([CH3])[CH3]. The van der Waals surface area contributed by atoms with E-state index in [9.17, 15) is 0 Å². The van der Waals surface area contributed by atoms with E-state index in [-0.39, 0.29) is 0 Å². The molecular weight excluding hydrogens is 360 g/mol. The second-order valence-electron chi connectivity index (χ2n) is 8.33. The van der Waals surface area contributed by atoms with Crippen LogP contribution >= 0.6 is 0 Å². The molecule has 2 fully saturated rings. The van der Waals surface area contributed by atoms with Gasteiger partial charge in [-0.1, -0.05) is 0 Å². The number of hydrogen-bond acceptors (Lipinski definition) is 1. The van der Waals surface area contributed by atoms with Gasteiger partial charge in [0.25, 0.3) is 0 Å². The molecule has 2 rings (SSSR count). The van der Waals surface area contributed by atoms with E-state index in [4.69, 9.17) is 0 Å². The molecule has 0 N–H and O–H groups in total. The van der Waals surface area contributed by atoms with Crippen molar-refractivity contribution >= 4 is 25.1 Å². The third kappa shape index (κ3) is 3.84. The zero-order valence-corrected chi connectivity index (χ0v) is 18.2. The second kappa shape index (κ2) is 7.32. The molecule has 0 unspecified atom stereocenters. The molecule has 0 aromatic rings. The van der Waals surface area contributed by atoms with Crippen LogP contribution in [-0.4, -0.2) is 43.1 Å². The Kier molecular flexibility index (Phi) is 6.18. The standard InChI is InChI=1S/C15H27BN.3CH3.Sn/c1-4-17(5-2)12-15-13-8-6-10-14(16(15)3)11-7-9-13;;;;/h13-14H,4-11H2,1-3H3;3*1H3;. The molecule has 1 nitrogen and oxygen atoms in total. The maximum atomic E-state index is 2.75. The van der Waals surface area contributed by atoms with E-state index in [1.807, 2.05) is 9.19 Å². The third-order valence-electron chi connectivity index (χ3n) is 5.96. The van der Waals surface area contributed by atoms with Gasteiger partial charge in [0, 0.05) is 0 Å². The molecule has 2 aliphatic rings. The molecule has 3 heteroatoms. The van der Waals surface area contributed by atoms with Crippen molar-refractivity contribution in [3.05, 3.63) is 9.19 Å². The third-order valence-corrected chi connectivity index (χ3v) is 11.7. The van der Waals surface area contributed by atoms with Crippen LogP contribution in [0.25, 0.3) is 0 Å². The summed E-state index contributed by atoms with van der Waals surface area (Å²) in [6, 6.07) is 0. The molecule has 0 radical (unpaired) electrons. The zero-order chi connectivity index (χ0) is 15.6. The van der Waals surface area contributed by atoms with Gasteiger partial charge < -0.3 is 0 Å². The van der Waals surface area contributed by atoms with Crippen molar-refractivity contribution in [3.8, 4) is 0 Å². The summed E-state index contributed by atoms with van der Waals surface area (Å²) in [7, 11) is 0. The number of hydrogen-bond donors (Lipinski definition) is 0. The molecule has 0 spiro atoms. The molecule has 0 aliphatic carbocycles. The number of nitrogens with zero attached hydrogens (tertiary/aromatic N) is 1. The molecule has 0 aromatic heterocycles. The van der Waals surface area contributed by atoms with E-state index >= 15 is 0 Å². The molecular formula is C18H36BNSn. The van der Waals surface area contributed by atoms with Crippen molar-refractivity contribution in [2.45, 2.75) is 79.8 Å². The Hall–Kier alpha value is 0.404. The van der Waals surface area contributed by atoms with E-state index in [0.717, 1.165) is 18.4 Å². The summed E-state index contributed by atoms with van der Waals surface area (Å²) in [6.07, 6.45) is 8.90. The molecule has 0 amide bonds. The topological polar surface area (TPSA) is 3.24 Å². The fourth-order valence-corrected chi connectivity index (χ4v) is 12.3. The summed E-state index contributed by atoms with van der Waals surface area (Å²) in [5.74, 6) is 1.89. The van der Waals surface area contributed by atoms with E-state index in [1.54, 1.807) is 0 Å². The second-order valence-corrected chi connectivity index (χ2v) is 22.5. The predicted octanol–water partition coefficient (Wildman–Crippen LogP) is 5.48. The van der Waals surface area contributed by atoms with Crippen molar-refractivity contribution in [1.29, 1.82) is 0 Å². The van der Waals surface area contributed by atoms with Crippen molar-refractivity contribution in [2.24, 2.45) is 5.92 Å². The molecule has 2 bridgehead atoms. The first kappa shape index (κ1) is 17.8. The van der Waals surface area contributed by atoms with E-state index in [2.05, 4.69) is 40.4 Å². The summed E-state index contributed by atoms with van der Waals surface area (Å²) >= 11 is -2.10. The fraction of sp³-hybridized carbons (Fsp3) is 0.889. The fourth-order valence-electron chi connectivity index (χ4n) is 5.02. The van der Waals surface area contributed by atoms with Gasteiger partial charge in [-0.05, 0) is 0 Å². The Morgan fingerprint density at radius 2 is 1.57 bits per heavy atom. The molecule has 120 valence electrons. The van der Waals surface area contributed by atoms with Gasteiger partial charge in [0.05, 0.1) is 0 Å². The van der Waals surface area contributed by atoms with Crippen LogP contribution in [0.5, 0.6) is 0 Å². The van der Waals surface area contributed by atoms with Crippen LogP contribution in [0.2, 0.25) is 27.5 Å². The average Bonchev–Trinajstić information content (AvgIpc) is 2.61. The van der Waals surface area contributed by atoms with Crippen LogP contribution in [0, 0.1) is 5.92 Å². The summed E-state index contributed by atoms with van der Waals surface area (Å²) < 4.78 is 1.90. The van der Waals surface area contributed by atoms with Gasteiger partial charge >= 0.3 is 138 Å². The van der Waals surface area contributed by atoms with E-state index < -0.39 is 18.4 Å². The summed E-state index contributed by atoms with van der Waals surface area (Å²) in [6.45, 7) is 10.5. The summed E-state index contributed by atoms with van der Waals surface area (Å²) in [5, 5.41) is 0. The van der Waals surface area contributed by atoms with Crippen molar-refractivity contribution in [3.63, 3.8) is 0 Å². The predicted molar refractivity (Wildman–Crippen MR) is 99.9 cm³/mol. The first-order valence-corrected chi connectivity index (χ1v) is 19.4. The quantitative estimate of drug-likeness (QED) is 0.570. The molecule has 0 atom stereocenters. The number of fused-ring (bicyclic) bond motifs is 3. The number of rotatable bonds is 4. The van der Waals surface area contributed by atoms with E-state index in [1.165, 1.54) is 51.6 Å². The van der Waals surface area contributed by atoms with Crippen LogP contribution in [0.15, 0.2) is 9.19 Å². The molecule has 2 heterocycles. The monoisotopic (exact) mass is 397 g/mol. The minimum absolute atomic E-state index is 0.853. The normalized spacial score (nSPS) is 29.1. The van der Waals surface area contributed by atoms with Crippen LogP contribution in [0.3, 0.4) is 0 Å². The Morgan fingerprint density at radius 1 is 1.05 bits per heavy atom. The number of allylic oxidation sites excluding steroid dienone is 1. The Balaban J connectivity index is 2.56. The average molecular weight is 396 g/mol. The van der Waals surface area contributed by atoms with Gasteiger partial charge in [-0.15, -0.1) is 0 Å². The molecule has 0 saturated carbocycles.